The summed E-state index contributed by atoms with van der Waals surface area (Å²) in [6.07, 6.45) is -1.98. The number of H-pyrrole nitrogens is 1. The van der Waals surface area contributed by atoms with Crippen LogP contribution in [0.4, 0.5) is 17.6 Å². The molecule has 0 fully saturated rings. The van der Waals surface area contributed by atoms with Crippen LogP contribution in [0.3, 0.4) is 0 Å². The van der Waals surface area contributed by atoms with E-state index in [-0.39, 0.29) is 41.3 Å². The summed E-state index contributed by atoms with van der Waals surface area (Å²) in [7, 11) is 0. The molecule has 0 bridgehead atoms. The maximum absolute atomic E-state index is 13.4. The van der Waals surface area contributed by atoms with E-state index in [0.29, 0.717) is 25.5 Å². The first-order valence-electron chi connectivity index (χ1n) is 8.66. The molecule has 0 unspecified atom stereocenters. The maximum atomic E-state index is 13.4. The lowest BCUT2D eigenvalue weighted by molar-refractivity contribution is -0.140. The van der Waals surface area contributed by atoms with Crippen LogP contribution in [-0.4, -0.2) is 29.0 Å². The first-order chi connectivity index (χ1) is 13.4. The predicted octanol–water partition coefficient (Wildman–Crippen LogP) is 4.70. The van der Waals surface area contributed by atoms with Gasteiger partial charge in [-0.2, -0.15) is 13.2 Å². The highest BCUT2D eigenvalue weighted by Gasteiger charge is 2.33. The third-order valence-electron chi connectivity index (χ3n) is 3.98. The number of nitrogens with zero attached hydrogens (tertiary/aromatic N) is 2. The zero-order chi connectivity index (χ0) is 20.1. The van der Waals surface area contributed by atoms with Crippen molar-refractivity contribution >= 4 is 52.2 Å². The van der Waals surface area contributed by atoms with E-state index in [2.05, 4.69) is 25.6 Å². The van der Waals surface area contributed by atoms with Gasteiger partial charge < -0.3 is 15.6 Å². The predicted molar refractivity (Wildman–Crippen MR) is 117 cm³/mol. The number of alkyl halides is 3. The maximum Gasteiger partial charge on any atom is 0.434 e. The standard InChI is InChI=1S/C18H19F4N5S.HI/c1-2-23-17(26-9-16-27-15(10-28-16)18(20,21)22)24-6-5-11-8-25-14-4-3-12(19)7-13(11)14;/h3-4,7-8,10,25H,2,5-6,9H2,1H3,(H2,23,24,26);1H. The van der Waals surface area contributed by atoms with Crippen LogP contribution in [0.1, 0.15) is 23.2 Å². The van der Waals surface area contributed by atoms with Crippen molar-refractivity contribution in [2.45, 2.75) is 26.1 Å². The summed E-state index contributed by atoms with van der Waals surface area (Å²) in [4.78, 5) is 11.0. The average molecular weight is 541 g/mol. The summed E-state index contributed by atoms with van der Waals surface area (Å²) in [5.74, 6) is 0.190. The van der Waals surface area contributed by atoms with Crippen LogP contribution >= 0.6 is 35.3 Å². The van der Waals surface area contributed by atoms with E-state index in [1.807, 2.05) is 13.1 Å². The SMILES string of the molecule is CCNC(=NCc1nc(C(F)(F)F)cs1)NCCc1c[nH]c2ccc(F)cc12.I. The van der Waals surface area contributed by atoms with Crippen LogP contribution in [0.15, 0.2) is 34.8 Å². The Morgan fingerprint density at radius 2 is 2.07 bits per heavy atom. The normalized spacial score (nSPS) is 12.1. The van der Waals surface area contributed by atoms with Crippen molar-refractivity contribution in [2.24, 2.45) is 4.99 Å². The number of benzene rings is 1. The molecule has 0 saturated carbocycles. The van der Waals surface area contributed by atoms with Gasteiger partial charge in [0.2, 0.25) is 0 Å². The summed E-state index contributed by atoms with van der Waals surface area (Å²) >= 11 is 0.928. The van der Waals surface area contributed by atoms with E-state index < -0.39 is 11.9 Å². The minimum absolute atomic E-state index is 0. The second-order valence-electron chi connectivity index (χ2n) is 6.00. The quantitative estimate of drug-likeness (QED) is 0.184. The highest BCUT2D eigenvalue weighted by molar-refractivity contribution is 14.0. The van der Waals surface area contributed by atoms with Crippen molar-refractivity contribution in [3.8, 4) is 0 Å². The van der Waals surface area contributed by atoms with Crippen molar-refractivity contribution < 1.29 is 17.6 Å². The summed E-state index contributed by atoms with van der Waals surface area (Å²) in [5.41, 5.74) is 0.932. The molecule has 11 heteroatoms. The Morgan fingerprint density at radius 3 is 2.76 bits per heavy atom. The van der Waals surface area contributed by atoms with E-state index in [4.69, 9.17) is 0 Å². The van der Waals surface area contributed by atoms with Crippen molar-refractivity contribution in [3.05, 3.63) is 51.9 Å². The van der Waals surface area contributed by atoms with Crippen LogP contribution in [0, 0.1) is 5.82 Å². The van der Waals surface area contributed by atoms with Gasteiger partial charge in [-0.25, -0.2) is 14.4 Å². The van der Waals surface area contributed by atoms with Gasteiger partial charge in [-0.05, 0) is 37.1 Å². The molecule has 2 heterocycles. The number of halogens is 5. The molecular weight excluding hydrogens is 521 g/mol. The molecule has 0 amide bonds. The lowest BCUT2D eigenvalue weighted by Crippen LogP contribution is -2.38. The zero-order valence-electron chi connectivity index (χ0n) is 15.4. The van der Waals surface area contributed by atoms with Crippen LogP contribution in [-0.2, 0) is 19.1 Å². The van der Waals surface area contributed by atoms with E-state index in [1.165, 1.54) is 12.1 Å². The van der Waals surface area contributed by atoms with E-state index in [9.17, 15) is 17.6 Å². The Morgan fingerprint density at radius 1 is 1.28 bits per heavy atom. The highest BCUT2D eigenvalue weighted by Crippen LogP contribution is 2.30. The minimum atomic E-state index is -4.44. The molecule has 3 aromatic rings. The summed E-state index contributed by atoms with van der Waals surface area (Å²) in [6.45, 7) is 3.08. The highest BCUT2D eigenvalue weighted by atomic mass is 127. The Labute approximate surface area is 186 Å². The van der Waals surface area contributed by atoms with Gasteiger partial charge >= 0.3 is 6.18 Å². The van der Waals surface area contributed by atoms with E-state index in [0.717, 1.165) is 33.2 Å². The van der Waals surface area contributed by atoms with Gasteiger partial charge in [0.15, 0.2) is 11.7 Å². The fourth-order valence-corrected chi connectivity index (χ4v) is 3.40. The largest absolute Gasteiger partial charge is 0.434 e. The lowest BCUT2D eigenvalue weighted by atomic mass is 10.1. The molecule has 0 aliphatic carbocycles. The number of hydrogen-bond acceptors (Lipinski definition) is 3. The van der Waals surface area contributed by atoms with Crippen LogP contribution in [0.2, 0.25) is 0 Å². The van der Waals surface area contributed by atoms with Crippen molar-refractivity contribution in [1.82, 2.24) is 20.6 Å². The number of aromatic nitrogens is 2. The monoisotopic (exact) mass is 541 g/mol. The number of aliphatic imine (C=N–C) groups is 1. The topological polar surface area (TPSA) is 65.1 Å². The number of rotatable bonds is 6. The van der Waals surface area contributed by atoms with Crippen molar-refractivity contribution in [3.63, 3.8) is 0 Å². The number of aromatic amines is 1. The van der Waals surface area contributed by atoms with Gasteiger partial charge in [-0.15, -0.1) is 35.3 Å². The molecule has 0 aliphatic rings. The van der Waals surface area contributed by atoms with Gasteiger partial charge in [0, 0.05) is 35.6 Å². The van der Waals surface area contributed by atoms with Crippen molar-refractivity contribution in [1.29, 1.82) is 0 Å². The Hall–Kier alpha value is -1.89. The Balaban J connectivity index is 0.00000300. The fourth-order valence-electron chi connectivity index (χ4n) is 2.68. The summed E-state index contributed by atoms with van der Waals surface area (Å²) in [6, 6.07) is 4.58. The molecule has 1 aromatic carbocycles. The van der Waals surface area contributed by atoms with E-state index in [1.54, 1.807) is 6.07 Å². The first-order valence-corrected chi connectivity index (χ1v) is 9.54. The molecular formula is C18H20F4IN5S. The number of fused-ring (bicyclic) bond motifs is 1. The molecule has 0 saturated heterocycles. The van der Waals surface area contributed by atoms with Gasteiger partial charge in [0.05, 0.1) is 6.54 Å². The molecule has 3 rings (SSSR count). The van der Waals surface area contributed by atoms with Crippen LogP contribution < -0.4 is 10.6 Å². The Kier molecular flexibility index (Phi) is 8.25. The third kappa shape index (κ3) is 6.29. The molecule has 2 aromatic heterocycles. The molecule has 0 spiro atoms. The average Bonchev–Trinajstić information content (AvgIpc) is 3.26. The van der Waals surface area contributed by atoms with Gasteiger partial charge in [-0.3, -0.25) is 0 Å². The summed E-state index contributed by atoms with van der Waals surface area (Å²) in [5, 5.41) is 8.27. The van der Waals surface area contributed by atoms with Gasteiger partial charge in [0.25, 0.3) is 0 Å². The van der Waals surface area contributed by atoms with E-state index >= 15 is 0 Å². The zero-order valence-corrected chi connectivity index (χ0v) is 18.6. The Bertz CT molecular complexity index is 967. The van der Waals surface area contributed by atoms with Crippen LogP contribution in [0.25, 0.3) is 10.9 Å². The molecule has 0 atom stereocenters. The van der Waals surface area contributed by atoms with Crippen LogP contribution in [0.5, 0.6) is 0 Å². The van der Waals surface area contributed by atoms with Crippen molar-refractivity contribution in [2.75, 3.05) is 13.1 Å². The molecule has 3 N–H and O–H groups in total. The lowest BCUT2D eigenvalue weighted by Gasteiger charge is -2.10. The second kappa shape index (κ2) is 10.2. The molecule has 29 heavy (non-hydrogen) atoms. The first kappa shape index (κ1) is 23.4. The molecule has 0 aliphatic heterocycles. The third-order valence-corrected chi connectivity index (χ3v) is 4.81. The second-order valence-corrected chi connectivity index (χ2v) is 6.94. The molecule has 0 radical (unpaired) electrons. The number of hydrogen-bond donors (Lipinski definition) is 3. The molecule has 158 valence electrons. The molecule has 5 nitrogen and oxygen atoms in total. The van der Waals surface area contributed by atoms with Gasteiger partial charge in [-0.1, -0.05) is 0 Å². The summed E-state index contributed by atoms with van der Waals surface area (Å²) < 4.78 is 51.3. The number of thiazole rings is 1. The van der Waals surface area contributed by atoms with Gasteiger partial charge in [0.1, 0.15) is 10.8 Å². The number of nitrogens with one attached hydrogen (secondary N) is 3. The minimum Gasteiger partial charge on any atom is -0.361 e. The fraction of sp³-hybridized carbons (Fsp3) is 0.333. The smallest absolute Gasteiger partial charge is 0.361 e. The number of guanidine groups is 1.